The van der Waals surface area contributed by atoms with Crippen molar-refractivity contribution in [1.82, 2.24) is 5.32 Å². The molecular formula is C15H12Cl2N2O2S. The molecule has 0 radical (unpaired) electrons. The zero-order valence-electron chi connectivity index (χ0n) is 11.5. The number of nitrogens with one attached hydrogen (secondary N) is 2. The van der Waals surface area contributed by atoms with Crippen molar-refractivity contribution in [1.29, 1.82) is 0 Å². The number of para-hydroxylation sites is 1. The summed E-state index contributed by atoms with van der Waals surface area (Å²) in [5.74, 6) is -0.299. The highest BCUT2D eigenvalue weighted by Crippen LogP contribution is 2.33. The van der Waals surface area contributed by atoms with Crippen molar-refractivity contribution in [3.63, 3.8) is 0 Å². The molecule has 0 saturated carbocycles. The van der Waals surface area contributed by atoms with Gasteiger partial charge in [-0.05, 0) is 36.5 Å². The van der Waals surface area contributed by atoms with E-state index in [-0.39, 0.29) is 21.4 Å². The quantitative estimate of drug-likeness (QED) is 0.813. The summed E-state index contributed by atoms with van der Waals surface area (Å²) in [5, 5.41) is 6.10. The van der Waals surface area contributed by atoms with E-state index in [4.69, 9.17) is 40.2 Å². The highest BCUT2D eigenvalue weighted by atomic mass is 35.5. The van der Waals surface area contributed by atoms with Gasteiger partial charge in [0.1, 0.15) is 5.56 Å². The predicted octanol–water partition coefficient (Wildman–Crippen LogP) is 4.13. The maximum absolute atomic E-state index is 12.3. The first kappa shape index (κ1) is 16.5. The van der Waals surface area contributed by atoms with Crippen LogP contribution in [0.3, 0.4) is 0 Å². The number of carbonyl (C=O) groups excluding carboxylic acids is 1. The summed E-state index contributed by atoms with van der Waals surface area (Å²) >= 11 is 17.2. The van der Waals surface area contributed by atoms with E-state index in [1.807, 2.05) is 30.3 Å². The molecule has 0 atom stereocenters. The van der Waals surface area contributed by atoms with Crippen molar-refractivity contribution < 1.29 is 9.53 Å². The zero-order chi connectivity index (χ0) is 16.1. The Bertz CT molecular complexity index is 708. The van der Waals surface area contributed by atoms with Crippen LogP contribution in [-0.4, -0.2) is 18.1 Å². The van der Waals surface area contributed by atoms with Crippen LogP contribution in [0.4, 0.5) is 5.69 Å². The van der Waals surface area contributed by atoms with Gasteiger partial charge in [-0.3, -0.25) is 10.1 Å². The van der Waals surface area contributed by atoms with Crippen LogP contribution in [0.5, 0.6) is 5.75 Å². The van der Waals surface area contributed by atoms with Gasteiger partial charge in [0.05, 0.1) is 17.2 Å². The van der Waals surface area contributed by atoms with Crippen molar-refractivity contribution in [2.75, 3.05) is 12.4 Å². The number of halogens is 2. The van der Waals surface area contributed by atoms with Crippen LogP contribution in [0.1, 0.15) is 10.4 Å². The van der Waals surface area contributed by atoms with E-state index in [2.05, 4.69) is 10.6 Å². The number of rotatable bonds is 3. The number of thiocarbonyl (C=S) groups is 1. The van der Waals surface area contributed by atoms with Gasteiger partial charge in [-0.15, -0.1) is 0 Å². The van der Waals surface area contributed by atoms with E-state index in [1.165, 1.54) is 13.2 Å². The second-order valence-electron chi connectivity index (χ2n) is 4.21. The van der Waals surface area contributed by atoms with Gasteiger partial charge in [0.2, 0.25) is 0 Å². The number of ether oxygens (including phenoxy) is 1. The minimum absolute atomic E-state index is 0.133. The van der Waals surface area contributed by atoms with Gasteiger partial charge < -0.3 is 10.1 Å². The van der Waals surface area contributed by atoms with Crippen LogP contribution in [0.2, 0.25) is 10.0 Å². The van der Waals surface area contributed by atoms with E-state index in [0.29, 0.717) is 5.02 Å². The van der Waals surface area contributed by atoms with Gasteiger partial charge in [-0.1, -0.05) is 41.4 Å². The highest BCUT2D eigenvalue weighted by molar-refractivity contribution is 7.80. The smallest absolute Gasteiger partial charge is 0.262 e. The fourth-order valence-electron chi connectivity index (χ4n) is 1.79. The molecule has 2 aromatic carbocycles. The number of amides is 1. The van der Waals surface area contributed by atoms with Gasteiger partial charge in [-0.2, -0.15) is 0 Å². The average Bonchev–Trinajstić information content (AvgIpc) is 2.49. The second kappa shape index (κ2) is 7.45. The van der Waals surface area contributed by atoms with E-state index in [0.717, 1.165) is 5.69 Å². The monoisotopic (exact) mass is 354 g/mol. The van der Waals surface area contributed by atoms with Crippen LogP contribution in [0.15, 0.2) is 42.5 Å². The molecular weight excluding hydrogens is 343 g/mol. The van der Waals surface area contributed by atoms with Gasteiger partial charge in [-0.25, -0.2) is 0 Å². The lowest BCUT2D eigenvalue weighted by atomic mass is 10.2. The molecule has 4 nitrogen and oxygen atoms in total. The molecule has 0 aliphatic heterocycles. The SMILES string of the molecule is COc1c(Cl)ccc(Cl)c1C(=O)NC(=S)Nc1ccccc1. The molecule has 114 valence electrons. The fourth-order valence-corrected chi connectivity index (χ4v) is 2.47. The molecule has 0 aliphatic rings. The minimum atomic E-state index is -0.502. The van der Waals surface area contributed by atoms with E-state index in [1.54, 1.807) is 6.07 Å². The fraction of sp³-hybridized carbons (Fsp3) is 0.0667. The number of methoxy groups -OCH3 is 1. The van der Waals surface area contributed by atoms with Crippen LogP contribution < -0.4 is 15.4 Å². The molecule has 0 heterocycles. The van der Waals surface area contributed by atoms with Crippen molar-refractivity contribution in [3.8, 4) is 5.75 Å². The molecule has 0 fully saturated rings. The third-order valence-electron chi connectivity index (χ3n) is 2.75. The Morgan fingerprint density at radius 1 is 1.09 bits per heavy atom. The highest BCUT2D eigenvalue weighted by Gasteiger charge is 2.20. The molecule has 0 unspecified atom stereocenters. The van der Waals surface area contributed by atoms with Gasteiger partial charge in [0.25, 0.3) is 5.91 Å². The van der Waals surface area contributed by atoms with Crippen molar-refractivity contribution >= 4 is 52.1 Å². The number of hydrogen-bond acceptors (Lipinski definition) is 3. The molecule has 0 aromatic heterocycles. The maximum Gasteiger partial charge on any atom is 0.262 e. The molecule has 22 heavy (non-hydrogen) atoms. The van der Waals surface area contributed by atoms with Gasteiger partial charge in [0, 0.05) is 5.69 Å². The van der Waals surface area contributed by atoms with Crippen molar-refractivity contribution in [2.45, 2.75) is 0 Å². The van der Waals surface area contributed by atoms with E-state index in [9.17, 15) is 4.79 Å². The Hall–Kier alpha value is -1.82. The summed E-state index contributed by atoms with van der Waals surface area (Å²) < 4.78 is 5.14. The summed E-state index contributed by atoms with van der Waals surface area (Å²) in [6, 6.07) is 12.3. The van der Waals surface area contributed by atoms with Crippen LogP contribution in [0, 0.1) is 0 Å². The number of carbonyl (C=O) groups is 1. The maximum atomic E-state index is 12.3. The molecule has 0 bridgehead atoms. The summed E-state index contributed by atoms with van der Waals surface area (Å²) in [4.78, 5) is 12.3. The van der Waals surface area contributed by atoms with Crippen LogP contribution in [-0.2, 0) is 0 Å². The second-order valence-corrected chi connectivity index (χ2v) is 5.43. The third kappa shape index (κ3) is 3.88. The first-order valence-corrected chi connectivity index (χ1v) is 7.38. The summed E-state index contributed by atoms with van der Waals surface area (Å²) in [6.07, 6.45) is 0. The molecule has 1 amide bonds. The third-order valence-corrected chi connectivity index (χ3v) is 3.57. The molecule has 0 saturated heterocycles. The largest absolute Gasteiger partial charge is 0.494 e. The van der Waals surface area contributed by atoms with Crippen LogP contribution >= 0.6 is 35.4 Å². The summed E-state index contributed by atoms with van der Waals surface area (Å²) in [5.41, 5.74) is 0.894. The Balaban J connectivity index is 2.16. The van der Waals surface area contributed by atoms with Gasteiger partial charge in [0.15, 0.2) is 10.9 Å². The normalized spacial score (nSPS) is 9.95. The Morgan fingerprint density at radius 2 is 1.73 bits per heavy atom. The molecule has 0 spiro atoms. The molecule has 0 aliphatic carbocycles. The van der Waals surface area contributed by atoms with Crippen molar-refractivity contribution in [2.24, 2.45) is 0 Å². The Kier molecular flexibility index (Phi) is 5.60. The van der Waals surface area contributed by atoms with Crippen molar-refractivity contribution in [3.05, 3.63) is 58.1 Å². The number of hydrogen-bond donors (Lipinski definition) is 2. The lowest BCUT2D eigenvalue weighted by Crippen LogP contribution is -2.34. The zero-order valence-corrected chi connectivity index (χ0v) is 13.9. The van der Waals surface area contributed by atoms with E-state index < -0.39 is 5.91 Å². The first-order valence-electron chi connectivity index (χ1n) is 6.22. The van der Waals surface area contributed by atoms with E-state index >= 15 is 0 Å². The molecule has 2 rings (SSSR count). The Morgan fingerprint density at radius 3 is 2.36 bits per heavy atom. The first-order chi connectivity index (χ1) is 10.5. The average molecular weight is 355 g/mol. The predicted molar refractivity (Wildman–Crippen MR) is 93.1 cm³/mol. The lowest BCUT2D eigenvalue weighted by molar-refractivity contribution is 0.0975. The molecule has 2 N–H and O–H groups in total. The number of anilines is 1. The summed E-state index contributed by atoms with van der Waals surface area (Å²) in [7, 11) is 1.41. The standard InChI is InChI=1S/C15H12Cl2N2O2S/c1-21-13-11(17)8-7-10(16)12(13)14(20)19-15(22)18-9-5-3-2-4-6-9/h2-8H,1H3,(H2,18,19,20,22). The number of benzene rings is 2. The van der Waals surface area contributed by atoms with Crippen LogP contribution in [0.25, 0.3) is 0 Å². The summed E-state index contributed by atoms with van der Waals surface area (Å²) in [6.45, 7) is 0. The molecule has 7 heteroatoms. The Labute approximate surface area is 143 Å². The van der Waals surface area contributed by atoms with Gasteiger partial charge >= 0.3 is 0 Å². The minimum Gasteiger partial charge on any atom is -0.494 e. The lowest BCUT2D eigenvalue weighted by Gasteiger charge is -2.13. The molecule has 2 aromatic rings. The topological polar surface area (TPSA) is 50.4 Å².